The molecule has 0 bridgehead atoms. The Hall–Kier alpha value is -1.19. The molecule has 0 aliphatic carbocycles. The summed E-state index contributed by atoms with van der Waals surface area (Å²) < 4.78 is 25.0. The summed E-state index contributed by atoms with van der Waals surface area (Å²) in [6.45, 7) is 0. The van der Waals surface area contributed by atoms with Crippen LogP contribution in [0.15, 0.2) is 39.0 Å². The lowest BCUT2D eigenvalue weighted by molar-refractivity contribution is -0.113. The highest BCUT2D eigenvalue weighted by Gasteiger charge is 2.07. The largest absolute Gasteiger partial charge is 0.325 e. The Bertz CT molecular complexity index is 549. The van der Waals surface area contributed by atoms with Gasteiger partial charge in [-0.05, 0) is 24.3 Å². The quantitative estimate of drug-likeness (QED) is 0.819. The van der Waals surface area contributed by atoms with E-state index in [4.69, 9.17) is 0 Å². The summed E-state index contributed by atoms with van der Waals surface area (Å²) in [5, 5.41) is 10.2. The fourth-order valence-electron chi connectivity index (χ4n) is 1.27. The van der Waals surface area contributed by atoms with Crippen molar-refractivity contribution in [2.75, 3.05) is 11.1 Å². The molecule has 0 aliphatic rings. The van der Waals surface area contributed by atoms with Gasteiger partial charge < -0.3 is 5.32 Å². The molecule has 1 aromatic heterocycles. The summed E-state index contributed by atoms with van der Waals surface area (Å²) in [7, 11) is 0. The number of benzene rings is 1. The van der Waals surface area contributed by atoms with Gasteiger partial charge in [-0.3, -0.25) is 4.79 Å². The molecule has 106 valence electrons. The molecule has 20 heavy (non-hydrogen) atoms. The highest BCUT2D eigenvalue weighted by Crippen LogP contribution is 2.26. The van der Waals surface area contributed by atoms with Gasteiger partial charge in [-0.1, -0.05) is 34.9 Å². The maximum absolute atomic E-state index is 12.1. The number of aromatic nitrogens is 2. The molecule has 1 N–H and O–H groups in total. The average Bonchev–Trinajstić information content (AvgIpc) is 2.91. The van der Waals surface area contributed by atoms with Gasteiger partial charge in [0, 0.05) is 10.6 Å². The summed E-state index contributed by atoms with van der Waals surface area (Å²) in [5.41, 5.74) is 2.17. The molecule has 0 fully saturated rings. The van der Waals surface area contributed by atoms with Crippen LogP contribution in [0.25, 0.3) is 0 Å². The van der Waals surface area contributed by atoms with E-state index in [1.165, 1.54) is 23.1 Å². The zero-order valence-electron chi connectivity index (χ0n) is 9.95. The molecule has 1 amide bonds. The smallest absolute Gasteiger partial charge is 0.288 e. The van der Waals surface area contributed by atoms with E-state index < -0.39 is 5.76 Å². The van der Waals surface area contributed by atoms with Gasteiger partial charge in [0.05, 0.1) is 5.75 Å². The van der Waals surface area contributed by atoms with Crippen LogP contribution in [-0.4, -0.2) is 27.6 Å². The lowest BCUT2D eigenvalue weighted by Crippen LogP contribution is -2.13. The highest BCUT2D eigenvalue weighted by atomic mass is 32.2. The van der Waals surface area contributed by atoms with Gasteiger partial charge in [0.1, 0.15) is 5.51 Å². The number of hydrogen-bond acceptors (Lipinski definition) is 6. The Kier molecular flexibility index (Phi) is 5.74. The number of carbonyl (C=O) groups excluding carboxylic acids is 1. The number of carbonyl (C=O) groups is 1. The molecule has 0 saturated heterocycles. The van der Waals surface area contributed by atoms with Crippen molar-refractivity contribution < 1.29 is 13.6 Å². The van der Waals surface area contributed by atoms with Gasteiger partial charge in [0.2, 0.25) is 5.91 Å². The van der Waals surface area contributed by atoms with Crippen molar-refractivity contribution in [3.05, 3.63) is 29.8 Å². The number of hydrogen-bond donors (Lipinski definition) is 1. The number of halogens is 2. The third-order valence-corrected chi connectivity index (χ3v) is 4.61. The Morgan fingerprint density at radius 2 is 2.10 bits per heavy atom. The maximum atomic E-state index is 12.1. The monoisotopic (exact) mass is 333 g/mol. The van der Waals surface area contributed by atoms with E-state index in [9.17, 15) is 13.6 Å². The normalized spacial score (nSPS) is 10.8. The molecule has 0 saturated carbocycles. The number of alkyl halides is 2. The molecule has 9 heteroatoms. The molecule has 1 aromatic carbocycles. The number of nitrogens with zero attached hydrogens (tertiary/aromatic N) is 2. The van der Waals surface area contributed by atoms with Crippen molar-refractivity contribution in [1.82, 2.24) is 10.2 Å². The van der Waals surface area contributed by atoms with Crippen molar-refractivity contribution in [3.8, 4) is 0 Å². The van der Waals surface area contributed by atoms with Crippen LogP contribution >= 0.6 is 34.9 Å². The Labute approximate surface area is 126 Å². The molecule has 0 unspecified atom stereocenters. The summed E-state index contributed by atoms with van der Waals surface area (Å²) in [6.07, 6.45) is 0. The topological polar surface area (TPSA) is 54.9 Å². The first-order valence-electron chi connectivity index (χ1n) is 5.37. The molecule has 4 nitrogen and oxygen atoms in total. The average molecular weight is 333 g/mol. The molecule has 0 aliphatic heterocycles. The van der Waals surface area contributed by atoms with Gasteiger partial charge in [-0.25, -0.2) is 0 Å². The van der Waals surface area contributed by atoms with Crippen LogP contribution in [0.3, 0.4) is 0 Å². The summed E-state index contributed by atoms with van der Waals surface area (Å²) >= 11 is 3.13. The first-order chi connectivity index (χ1) is 9.63. The summed E-state index contributed by atoms with van der Waals surface area (Å²) in [4.78, 5) is 12.1. The SMILES string of the molecule is O=C(CSc1nncs1)Nc1ccc(SC(F)F)cc1. The summed E-state index contributed by atoms with van der Waals surface area (Å²) in [5.74, 6) is -2.40. The Balaban J connectivity index is 1.81. The molecule has 0 radical (unpaired) electrons. The van der Waals surface area contributed by atoms with Crippen LogP contribution in [0.5, 0.6) is 0 Å². The second kappa shape index (κ2) is 7.55. The first kappa shape index (κ1) is 15.2. The molecule has 1 heterocycles. The van der Waals surface area contributed by atoms with Gasteiger partial charge in [-0.15, -0.1) is 10.2 Å². The fourth-order valence-corrected chi connectivity index (χ4v) is 3.06. The minimum absolute atomic E-state index is 0.181. The fraction of sp³-hybridized carbons (Fsp3) is 0.182. The molecular weight excluding hydrogens is 324 g/mol. The van der Waals surface area contributed by atoms with Crippen LogP contribution in [0.1, 0.15) is 0 Å². The zero-order valence-corrected chi connectivity index (χ0v) is 12.4. The second-order valence-corrected chi connectivity index (χ2v) is 6.56. The van der Waals surface area contributed by atoms with Gasteiger partial charge in [0.15, 0.2) is 4.34 Å². The molecule has 2 aromatic rings. The minimum Gasteiger partial charge on any atom is -0.325 e. The van der Waals surface area contributed by atoms with Crippen LogP contribution in [0.4, 0.5) is 14.5 Å². The van der Waals surface area contributed by atoms with Crippen molar-refractivity contribution >= 4 is 46.5 Å². The number of amides is 1. The lowest BCUT2D eigenvalue weighted by Gasteiger charge is -2.05. The van der Waals surface area contributed by atoms with E-state index >= 15 is 0 Å². The highest BCUT2D eigenvalue weighted by molar-refractivity contribution is 8.01. The second-order valence-electron chi connectivity index (χ2n) is 3.44. The minimum atomic E-state index is -2.45. The van der Waals surface area contributed by atoms with Crippen LogP contribution in [-0.2, 0) is 4.79 Å². The van der Waals surface area contributed by atoms with Gasteiger partial charge in [-0.2, -0.15) is 8.78 Å². The van der Waals surface area contributed by atoms with E-state index in [1.54, 1.807) is 29.8 Å². The predicted molar refractivity (Wildman–Crippen MR) is 77.6 cm³/mol. The van der Waals surface area contributed by atoms with Crippen LogP contribution in [0.2, 0.25) is 0 Å². The van der Waals surface area contributed by atoms with Crippen LogP contribution in [0, 0.1) is 0 Å². The van der Waals surface area contributed by atoms with Crippen molar-refractivity contribution in [2.24, 2.45) is 0 Å². The standard InChI is InChI=1S/C11H9F2N3OS3/c12-10(13)20-8-3-1-7(2-4-8)15-9(17)5-18-11-16-14-6-19-11/h1-4,6,10H,5H2,(H,15,17). The lowest BCUT2D eigenvalue weighted by atomic mass is 10.3. The van der Waals surface area contributed by atoms with E-state index in [1.807, 2.05) is 0 Å². The third kappa shape index (κ3) is 5.06. The van der Waals surface area contributed by atoms with E-state index in [-0.39, 0.29) is 11.7 Å². The number of thioether (sulfide) groups is 2. The first-order valence-corrected chi connectivity index (χ1v) is 8.11. The predicted octanol–water partition coefficient (Wildman–Crippen LogP) is 3.58. The van der Waals surface area contributed by atoms with Crippen LogP contribution < -0.4 is 5.32 Å². The Morgan fingerprint density at radius 1 is 1.35 bits per heavy atom. The third-order valence-electron chi connectivity index (χ3n) is 2.03. The summed E-state index contributed by atoms with van der Waals surface area (Å²) in [6, 6.07) is 6.28. The number of nitrogens with one attached hydrogen (secondary N) is 1. The molecular formula is C11H9F2N3OS3. The molecule has 2 rings (SSSR count). The zero-order chi connectivity index (χ0) is 14.4. The van der Waals surface area contributed by atoms with Crippen molar-refractivity contribution in [2.45, 2.75) is 15.0 Å². The number of anilines is 1. The van der Waals surface area contributed by atoms with Crippen molar-refractivity contribution in [1.29, 1.82) is 0 Å². The molecule has 0 spiro atoms. The Morgan fingerprint density at radius 3 is 2.70 bits per heavy atom. The van der Waals surface area contributed by atoms with E-state index in [0.29, 0.717) is 22.3 Å². The van der Waals surface area contributed by atoms with E-state index in [0.717, 1.165) is 4.34 Å². The maximum Gasteiger partial charge on any atom is 0.288 e. The van der Waals surface area contributed by atoms with E-state index in [2.05, 4.69) is 15.5 Å². The van der Waals surface area contributed by atoms with Gasteiger partial charge in [0.25, 0.3) is 5.76 Å². The van der Waals surface area contributed by atoms with Crippen molar-refractivity contribution in [3.63, 3.8) is 0 Å². The molecule has 0 atom stereocenters. The number of rotatable bonds is 6. The van der Waals surface area contributed by atoms with Gasteiger partial charge >= 0.3 is 0 Å².